The SMILES string of the molecule is CC(C)=CC(=O)C(C)(C)N1CCOCC1. The predicted octanol–water partition coefficient (Wildman–Crippen LogP) is 1.63. The van der Waals surface area contributed by atoms with Crippen LogP contribution in [-0.4, -0.2) is 42.5 Å². The molecule has 86 valence electrons. The fraction of sp³-hybridized carbons (Fsp3) is 0.750. The number of ketones is 1. The molecule has 0 saturated carbocycles. The smallest absolute Gasteiger partial charge is 0.175 e. The number of ether oxygens (including phenoxy) is 1. The van der Waals surface area contributed by atoms with Crippen molar-refractivity contribution in [3.05, 3.63) is 11.6 Å². The van der Waals surface area contributed by atoms with Crippen molar-refractivity contribution < 1.29 is 9.53 Å². The Morgan fingerprint density at radius 2 is 1.80 bits per heavy atom. The molecule has 0 aromatic carbocycles. The molecule has 0 aliphatic carbocycles. The van der Waals surface area contributed by atoms with Crippen LogP contribution < -0.4 is 0 Å². The molecule has 1 aliphatic rings. The molecule has 0 unspecified atom stereocenters. The first kappa shape index (κ1) is 12.4. The van der Waals surface area contributed by atoms with Crippen molar-refractivity contribution in [1.29, 1.82) is 0 Å². The maximum absolute atomic E-state index is 12.0. The lowest BCUT2D eigenvalue weighted by Gasteiger charge is -2.39. The van der Waals surface area contributed by atoms with Crippen molar-refractivity contribution in [1.82, 2.24) is 4.90 Å². The van der Waals surface area contributed by atoms with E-state index >= 15 is 0 Å². The van der Waals surface area contributed by atoms with Crippen molar-refractivity contribution in [3.8, 4) is 0 Å². The van der Waals surface area contributed by atoms with Gasteiger partial charge in [-0.25, -0.2) is 0 Å². The molecule has 1 heterocycles. The number of carbonyl (C=O) groups is 1. The second-order valence-electron chi connectivity index (χ2n) is 4.74. The van der Waals surface area contributed by atoms with Gasteiger partial charge in [0.05, 0.1) is 18.8 Å². The van der Waals surface area contributed by atoms with E-state index in [0.29, 0.717) is 0 Å². The van der Waals surface area contributed by atoms with Crippen LogP contribution in [0.15, 0.2) is 11.6 Å². The van der Waals surface area contributed by atoms with Crippen LogP contribution in [0, 0.1) is 0 Å². The van der Waals surface area contributed by atoms with Crippen LogP contribution in [0.3, 0.4) is 0 Å². The number of nitrogens with zero attached hydrogens (tertiary/aromatic N) is 1. The lowest BCUT2D eigenvalue weighted by molar-refractivity contribution is -0.127. The first-order valence-corrected chi connectivity index (χ1v) is 5.46. The standard InChI is InChI=1S/C12H21NO2/c1-10(2)9-11(14)12(3,4)13-5-7-15-8-6-13/h9H,5-8H2,1-4H3. The molecule has 1 saturated heterocycles. The zero-order valence-corrected chi connectivity index (χ0v) is 10.2. The average molecular weight is 211 g/mol. The van der Waals surface area contributed by atoms with Crippen LogP contribution in [-0.2, 0) is 9.53 Å². The van der Waals surface area contributed by atoms with Crippen molar-refractivity contribution in [2.24, 2.45) is 0 Å². The second-order valence-corrected chi connectivity index (χ2v) is 4.74. The maximum Gasteiger partial charge on any atom is 0.175 e. The van der Waals surface area contributed by atoms with Crippen molar-refractivity contribution >= 4 is 5.78 Å². The molecule has 3 heteroatoms. The first-order valence-electron chi connectivity index (χ1n) is 5.46. The molecule has 0 N–H and O–H groups in total. The minimum Gasteiger partial charge on any atom is -0.379 e. The summed E-state index contributed by atoms with van der Waals surface area (Å²) in [6, 6.07) is 0. The van der Waals surface area contributed by atoms with Gasteiger partial charge in [-0.05, 0) is 33.8 Å². The molecule has 0 atom stereocenters. The summed E-state index contributed by atoms with van der Waals surface area (Å²) in [6.07, 6.45) is 1.73. The number of rotatable bonds is 3. The van der Waals surface area contributed by atoms with Crippen LogP contribution in [0.1, 0.15) is 27.7 Å². The van der Waals surface area contributed by atoms with E-state index < -0.39 is 5.54 Å². The summed E-state index contributed by atoms with van der Waals surface area (Å²) in [4.78, 5) is 14.2. The third kappa shape index (κ3) is 3.14. The summed E-state index contributed by atoms with van der Waals surface area (Å²) in [5, 5.41) is 0. The Kier molecular flexibility index (Phi) is 4.05. The Balaban J connectivity index is 2.71. The van der Waals surface area contributed by atoms with Gasteiger partial charge in [0.15, 0.2) is 5.78 Å². The van der Waals surface area contributed by atoms with E-state index in [4.69, 9.17) is 4.74 Å². The van der Waals surface area contributed by atoms with Gasteiger partial charge in [0, 0.05) is 13.1 Å². The summed E-state index contributed by atoms with van der Waals surface area (Å²) in [6.45, 7) is 11.0. The molecule has 3 nitrogen and oxygen atoms in total. The minimum atomic E-state index is -0.402. The monoisotopic (exact) mass is 211 g/mol. The number of morpholine rings is 1. The third-order valence-corrected chi connectivity index (χ3v) is 2.82. The number of allylic oxidation sites excluding steroid dienone is 1. The Hall–Kier alpha value is -0.670. The lowest BCUT2D eigenvalue weighted by Crippen LogP contribution is -2.54. The van der Waals surface area contributed by atoms with E-state index in [0.717, 1.165) is 31.9 Å². The number of carbonyl (C=O) groups excluding carboxylic acids is 1. The zero-order chi connectivity index (χ0) is 11.5. The van der Waals surface area contributed by atoms with Gasteiger partial charge in [-0.2, -0.15) is 0 Å². The summed E-state index contributed by atoms with van der Waals surface area (Å²) in [5.41, 5.74) is 0.655. The van der Waals surface area contributed by atoms with Crippen LogP contribution in [0.4, 0.5) is 0 Å². The largest absolute Gasteiger partial charge is 0.379 e. The highest BCUT2D eigenvalue weighted by Gasteiger charge is 2.33. The molecule has 1 rings (SSSR count). The van der Waals surface area contributed by atoms with Gasteiger partial charge in [0.25, 0.3) is 0 Å². The maximum atomic E-state index is 12.0. The van der Waals surface area contributed by atoms with Crippen LogP contribution in [0.2, 0.25) is 0 Å². The molecule has 0 spiro atoms. The normalized spacial score (nSPS) is 18.7. The Labute approximate surface area is 92.1 Å². The molecule has 0 bridgehead atoms. The third-order valence-electron chi connectivity index (χ3n) is 2.82. The van der Waals surface area contributed by atoms with Gasteiger partial charge in [0.1, 0.15) is 0 Å². The van der Waals surface area contributed by atoms with Gasteiger partial charge in [0.2, 0.25) is 0 Å². The van der Waals surface area contributed by atoms with Crippen molar-refractivity contribution in [2.45, 2.75) is 33.2 Å². The quantitative estimate of drug-likeness (QED) is 0.665. The predicted molar refractivity (Wildman–Crippen MR) is 60.9 cm³/mol. The van der Waals surface area contributed by atoms with E-state index in [9.17, 15) is 4.79 Å². The number of hydrogen-bond donors (Lipinski definition) is 0. The summed E-state index contributed by atoms with van der Waals surface area (Å²) in [5.74, 6) is 0.185. The van der Waals surface area contributed by atoms with Gasteiger partial charge in [-0.1, -0.05) is 5.57 Å². The molecular weight excluding hydrogens is 190 g/mol. The first-order chi connectivity index (χ1) is 6.94. The highest BCUT2D eigenvalue weighted by Crippen LogP contribution is 2.18. The summed E-state index contributed by atoms with van der Waals surface area (Å²) < 4.78 is 5.29. The minimum absolute atomic E-state index is 0.185. The van der Waals surface area contributed by atoms with Gasteiger partial charge in [-0.3, -0.25) is 9.69 Å². The van der Waals surface area contributed by atoms with E-state index in [1.165, 1.54) is 0 Å². The number of hydrogen-bond acceptors (Lipinski definition) is 3. The van der Waals surface area contributed by atoms with Crippen LogP contribution in [0.25, 0.3) is 0 Å². The molecule has 0 radical (unpaired) electrons. The van der Waals surface area contributed by atoms with Crippen LogP contribution >= 0.6 is 0 Å². The van der Waals surface area contributed by atoms with E-state index in [1.54, 1.807) is 6.08 Å². The molecule has 0 amide bonds. The van der Waals surface area contributed by atoms with Crippen molar-refractivity contribution in [2.75, 3.05) is 26.3 Å². The van der Waals surface area contributed by atoms with Crippen molar-refractivity contribution in [3.63, 3.8) is 0 Å². The molecule has 1 fully saturated rings. The molecule has 15 heavy (non-hydrogen) atoms. The van der Waals surface area contributed by atoms with Gasteiger partial charge < -0.3 is 4.74 Å². The highest BCUT2D eigenvalue weighted by atomic mass is 16.5. The molecule has 1 aliphatic heterocycles. The fourth-order valence-electron chi connectivity index (χ4n) is 1.72. The van der Waals surface area contributed by atoms with E-state index in [2.05, 4.69) is 4.90 Å². The summed E-state index contributed by atoms with van der Waals surface area (Å²) >= 11 is 0. The fourth-order valence-corrected chi connectivity index (χ4v) is 1.72. The topological polar surface area (TPSA) is 29.5 Å². The van der Waals surface area contributed by atoms with Crippen LogP contribution in [0.5, 0.6) is 0 Å². The van der Waals surface area contributed by atoms with E-state index in [1.807, 2.05) is 27.7 Å². The molecule has 0 aromatic rings. The molecule has 0 aromatic heterocycles. The van der Waals surface area contributed by atoms with Gasteiger partial charge in [-0.15, -0.1) is 0 Å². The second kappa shape index (κ2) is 4.90. The zero-order valence-electron chi connectivity index (χ0n) is 10.2. The van der Waals surface area contributed by atoms with Gasteiger partial charge >= 0.3 is 0 Å². The average Bonchev–Trinajstić information content (AvgIpc) is 2.18. The highest BCUT2D eigenvalue weighted by molar-refractivity contribution is 5.97. The lowest BCUT2D eigenvalue weighted by atomic mass is 9.94. The Bertz CT molecular complexity index is 259. The Morgan fingerprint density at radius 3 is 2.27 bits per heavy atom. The van der Waals surface area contributed by atoms with E-state index in [-0.39, 0.29) is 5.78 Å². The summed E-state index contributed by atoms with van der Waals surface area (Å²) in [7, 11) is 0. The molecular formula is C12H21NO2. The Morgan fingerprint density at radius 1 is 1.27 bits per heavy atom.